The van der Waals surface area contributed by atoms with E-state index in [0.29, 0.717) is 6.42 Å². The number of fused-ring (bicyclic) bond motifs is 2. The maximum atomic E-state index is 11.5. The van der Waals surface area contributed by atoms with Crippen molar-refractivity contribution in [3.05, 3.63) is 76.4 Å². The summed E-state index contributed by atoms with van der Waals surface area (Å²) in [5.41, 5.74) is 8.48. The average Bonchev–Trinajstić information content (AvgIpc) is 2.86. The van der Waals surface area contributed by atoms with Crippen LogP contribution < -0.4 is 0 Å². The Balaban J connectivity index is 1.74. The number of hydrogen-bond acceptors (Lipinski definition) is 2. The van der Waals surface area contributed by atoms with Crippen LogP contribution in [0.25, 0.3) is 5.57 Å². The van der Waals surface area contributed by atoms with Crippen LogP contribution in [0.3, 0.4) is 0 Å². The number of nitrogens with zero attached hydrogens (tertiary/aromatic N) is 1. The maximum absolute atomic E-state index is 11.5. The van der Waals surface area contributed by atoms with Crippen LogP contribution in [-0.4, -0.2) is 35.1 Å². The van der Waals surface area contributed by atoms with Gasteiger partial charge in [-0.05, 0) is 59.9 Å². The molecule has 3 nitrogen and oxygen atoms in total. The monoisotopic (exact) mass is 361 g/mol. The molecule has 27 heavy (non-hydrogen) atoms. The second-order valence-electron chi connectivity index (χ2n) is 7.59. The Morgan fingerprint density at radius 1 is 0.926 bits per heavy atom. The first kappa shape index (κ1) is 18.0. The SMILES string of the molecule is CCC(C(=O)O)N1CCC(=C2c3ccccc3CCc3ccccc32)CC1. The van der Waals surface area contributed by atoms with E-state index < -0.39 is 5.97 Å². The third-order valence-electron chi connectivity index (χ3n) is 6.10. The zero-order valence-electron chi connectivity index (χ0n) is 15.9. The second kappa shape index (κ2) is 7.69. The first-order chi connectivity index (χ1) is 13.2. The summed E-state index contributed by atoms with van der Waals surface area (Å²) in [6.45, 7) is 3.62. The standard InChI is InChI=1S/C24H27NO2/c1-2-22(24(26)27)25-15-13-19(14-16-25)23-20-9-5-3-7-17(20)11-12-18-8-4-6-10-21(18)23/h3-10,22H,2,11-16H2,1H3,(H,26,27). The van der Waals surface area contributed by atoms with E-state index in [1.807, 2.05) is 6.92 Å². The third-order valence-corrected chi connectivity index (χ3v) is 6.10. The number of hydrogen-bond donors (Lipinski definition) is 1. The summed E-state index contributed by atoms with van der Waals surface area (Å²) in [6.07, 6.45) is 4.70. The van der Waals surface area contributed by atoms with Gasteiger partial charge in [0.1, 0.15) is 6.04 Å². The van der Waals surface area contributed by atoms with Crippen LogP contribution >= 0.6 is 0 Å². The molecule has 1 heterocycles. The van der Waals surface area contributed by atoms with Crippen molar-refractivity contribution in [1.29, 1.82) is 0 Å². The van der Waals surface area contributed by atoms with E-state index >= 15 is 0 Å². The van der Waals surface area contributed by atoms with Gasteiger partial charge >= 0.3 is 5.97 Å². The molecule has 0 bridgehead atoms. The van der Waals surface area contributed by atoms with Gasteiger partial charge in [-0.2, -0.15) is 0 Å². The van der Waals surface area contributed by atoms with Crippen molar-refractivity contribution in [2.24, 2.45) is 0 Å². The first-order valence-electron chi connectivity index (χ1n) is 10.0. The van der Waals surface area contributed by atoms with Gasteiger partial charge in [-0.3, -0.25) is 9.69 Å². The van der Waals surface area contributed by atoms with Gasteiger partial charge in [0.15, 0.2) is 0 Å². The van der Waals surface area contributed by atoms with Crippen LogP contribution in [0.1, 0.15) is 48.4 Å². The summed E-state index contributed by atoms with van der Waals surface area (Å²) >= 11 is 0. The number of rotatable bonds is 3. The van der Waals surface area contributed by atoms with Crippen molar-refractivity contribution in [1.82, 2.24) is 4.90 Å². The summed E-state index contributed by atoms with van der Waals surface area (Å²) in [4.78, 5) is 13.7. The Hall–Kier alpha value is -2.39. The number of aliphatic carboxylic acids is 1. The number of carboxylic acid groups (broad SMARTS) is 1. The van der Waals surface area contributed by atoms with Gasteiger partial charge in [-0.1, -0.05) is 61.0 Å². The molecule has 1 fully saturated rings. The minimum Gasteiger partial charge on any atom is -0.480 e. The number of piperidine rings is 1. The highest BCUT2D eigenvalue weighted by Crippen LogP contribution is 2.38. The Labute approximate surface area is 161 Å². The maximum Gasteiger partial charge on any atom is 0.320 e. The van der Waals surface area contributed by atoms with E-state index in [-0.39, 0.29) is 6.04 Å². The number of carbonyl (C=O) groups is 1. The molecule has 1 unspecified atom stereocenters. The lowest BCUT2D eigenvalue weighted by molar-refractivity contribution is -0.143. The predicted molar refractivity (Wildman–Crippen MR) is 109 cm³/mol. The van der Waals surface area contributed by atoms with E-state index in [2.05, 4.69) is 53.4 Å². The topological polar surface area (TPSA) is 40.5 Å². The van der Waals surface area contributed by atoms with Crippen LogP contribution in [0, 0.1) is 0 Å². The number of benzene rings is 2. The van der Waals surface area contributed by atoms with Gasteiger partial charge in [0.05, 0.1) is 0 Å². The van der Waals surface area contributed by atoms with Crippen molar-refractivity contribution < 1.29 is 9.90 Å². The summed E-state index contributed by atoms with van der Waals surface area (Å²) < 4.78 is 0. The Kier molecular flexibility index (Phi) is 5.13. The van der Waals surface area contributed by atoms with Gasteiger partial charge in [0.2, 0.25) is 0 Å². The molecule has 1 aliphatic carbocycles. The lowest BCUT2D eigenvalue weighted by Gasteiger charge is -2.34. The van der Waals surface area contributed by atoms with Crippen LogP contribution in [0.5, 0.6) is 0 Å². The van der Waals surface area contributed by atoms with E-state index in [0.717, 1.165) is 38.8 Å². The van der Waals surface area contributed by atoms with Gasteiger partial charge in [-0.15, -0.1) is 0 Å². The smallest absolute Gasteiger partial charge is 0.320 e. The Morgan fingerprint density at radius 3 is 1.93 bits per heavy atom. The molecule has 1 aliphatic heterocycles. The lowest BCUT2D eigenvalue weighted by Crippen LogP contribution is -2.44. The second-order valence-corrected chi connectivity index (χ2v) is 7.59. The summed E-state index contributed by atoms with van der Waals surface area (Å²) in [5.74, 6) is -0.696. The number of likely N-dealkylation sites (tertiary alicyclic amines) is 1. The van der Waals surface area contributed by atoms with Crippen molar-refractivity contribution in [3.8, 4) is 0 Å². The molecule has 2 aromatic rings. The molecule has 1 N–H and O–H groups in total. The van der Waals surface area contributed by atoms with E-state index in [9.17, 15) is 9.90 Å². The molecule has 1 saturated heterocycles. The minimum atomic E-state index is -0.696. The average molecular weight is 361 g/mol. The van der Waals surface area contributed by atoms with E-state index in [1.54, 1.807) is 0 Å². The molecule has 0 amide bonds. The van der Waals surface area contributed by atoms with Crippen LogP contribution in [0.2, 0.25) is 0 Å². The van der Waals surface area contributed by atoms with Gasteiger partial charge in [0, 0.05) is 13.1 Å². The highest BCUT2D eigenvalue weighted by atomic mass is 16.4. The molecule has 4 rings (SSSR count). The quantitative estimate of drug-likeness (QED) is 0.872. The van der Waals surface area contributed by atoms with Gasteiger partial charge in [0.25, 0.3) is 0 Å². The number of carboxylic acids is 1. The highest BCUT2D eigenvalue weighted by Gasteiger charge is 2.28. The molecule has 0 radical (unpaired) electrons. The zero-order valence-corrected chi connectivity index (χ0v) is 15.9. The molecule has 2 aliphatic rings. The molecule has 0 aromatic heterocycles. The molecule has 0 spiro atoms. The minimum absolute atomic E-state index is 0.356. The van der Waals surface area contributed by atoms with Crippen LogP contribution in [0.15, 0.2) is 54.1 Å². The first-order valence-corrected chi connectivity index (χ1v) is 10.0. The van der Waals surface area contributed by atoms with Crippen molar-refractivity contribution in [2.45, 2.75) is 45.1 Å². The number of aryl methyl sites for hydroxylation is 2. The largest absolute Gasteiger partial charge is 0.480 e. The molecular formula is C24H27NO2. The van der Waals surface area contributed by atoms with Crippen molar-refractivity contribution in [3.63, 3.8) is 0 Å². The lowest BCUT2D eigenvalue weighted by atomic mass is 9.86. The van der Waals surface area contributed by atoms with Crippen molar-refractivity contribution in [2.75, 3.05) is 13.1 Å². The summed E-state index contributed by atoms with van der Waals surface area (Å²) in [5, 5.41) is 9.48. The molecule has 1 atom stereocenters. The van der Waals surface area contributed by atoms with Gasteiger partial charge < -0.3 is 5.11 Å². The zero-order chi connectivity index (χ0) is 18.8. The molecule has 2 aromatic carbocycles. The fourth-order valence-corrected chi connectivity index (χ4v) is 4.70. The molecular weight excluding hydrogens is 334 g/mol. The fourth-order valence-electron chi connectivity index (χ4n) is 4.70. The summed E-state index contributed by atoms with van der Waals surface area (Å²) in [7, 11) is 0. The molecule has 140 valence electrons. The molecule has 0 saturated carbocycles. The van der Waals surface area contributed by atoms with E-state index in [4.69, 9.17) is 0 Å². The van der Waals surface area contributed by atoms with Crippen LogP contribution in [-0.2, 0) is 17.6 Å². The highest BCUT2D eigenvalue weighted by molar-refractivity contribution is 5.86. The molecule has 3 heteroatoms. The van der Waals surface area contributed by atoms with Crippen LogP contribution in [0.4, 0.5) is 0 Å². The Bertz CT molecular complexity index is 824. The van der Waals surface area contributed by atoms with Crippen molar-refractivity contribution >= 4 is 11.5 Å². The summed E-state index contributed by atoms with van der Waals surface area (Å²) in [6, 6.07) is 17.2. The van der Waals surface area contributed by atoms with E-state index in [1.165, 1.54) is 33.4 Å². The third kappa shape index (κ3) is 3.44. The fraction of sp³-hybridized carbons (Fsp3) is 0.375. The normalized spacial score (nSPS) is 18.4. The predicted octanol–water partition coefficient (Wildman–Crippen LogP) is 4.55. The van der Waals surface area contributed by atoms with Gasteiger partial charge in [-0.25, -0.2) is 0 Å². The Morgan fingerprint density at radius 2 is 1.44 bits per heavy atom.